The summed E-state index contributed by atoms with van der Waals surface area (Å²) in [4.78, 5) is 0. The molecule has 1 unspecified atom stereocenters. The Labute approximate surface area is 103 Å². The van der Waals surface area contributed by atoms with Gasteiger partial charge in [-0.3, -0.25) is 0 Å². The molecule has 0 saturated carbocycles. The molecule has 0 aliphatic rings. The minimum atomic E-state index is -0.674. The van der Waals surface area contributed by atoms with E-state index >= 15 is 0 Å². The zero-order chi connectivity index (χ0) is 12.6. The molecule has 0 spiro atoms. The summed E-state index contributed by atoms with van der Waals surface area (Å²) < 4.78 is 31.9. The summed E-state index contributed by atoms with van der Waals surface area (Å²) in [6, 6.07) is 4.01. The normalized spacial score (nSPS) is 12.8. The first-order chi connectivity index (χ1) is 7.99. The largest absolute Gasteiger partial charge is 0.469 e. The average Bonchev–Trinajstić information content (AvgIpc) is 2.69. The van der Waals surface area contributed by atoms with Crippen LogP contribution in [0.5, 0.6) is 0 Å². The maximum absolute atomic E-state index is 13.6. The van der Waals surface area contributed by atoms with Crippen molar-refractivity contribution in [2.75, 3.05) is 0 Å². The van der Waals surface area contributed by atoms with Gasteiger partial charge in [-0.15, -0.1) is 11.6 Å². The Morgan fingerprint density at radius 2 is 1.82 bits per heavy atom. The summed E-state index contributed by atoms with van der Waals surface area (Å²) in [7, 11) is 0. The Morgan fingerprint density at radius 1 is 1.12 bits per heavy atom. The summed E-state index contributed by atoms with van der Waals surface area (Å²) in [5, 5.41) is -0.674. The molecule has 0 saturated heterocycles. The van der Waals surface area contributed by atoms with Crippen LogP contribution in [0.2, 0.25) is 0 Å². The average molecular weight is 257 g/mol. The molecule has 0 fully saturated rings. The van der Waals surface area contributed by atoms with Gasteiger partial charge in [-0.05, 0) is 31.5 Å². The van der Waals surface area contributed by atoms with Crippen LogP contribution in [0.15, 0.2) is 28.9 Å². The van der Waals surface area contributed by atoms with Crippen molar-refractivity contribution in [2.24, 2.45) is 0 Å². The fourth-order valence-corrected chi connectivity index (χ4v) is 1.93. The first-order valence-electron chi connectivity index (χ1n) is 5.13. The van der Waals surface area contributed by atoms with Crippen LogP contribution in [-0.2, 0) is 0 Å². The number of alkyl halides is 1. The van der Waals surface area contributed by atoms with Gasteiger partial charge in [0.25, 0.3) is 0 Å². The second-order valence-corrected chi connectivity index (χ2v) is 4.41. The van der Waals surface area contributed by atoms with Crippen LogP contribution in [0.1, 0.15) is 27.8 Å². The van der Waals surface area contributed by atoms with E-state index in [0.717, 1.165) is 6.07 Å². The lowest BCUT2D eigenvalue weighted by Gasteiger charge is -2.10. The van der Waals surface area contributed by atoms with Gasteiger partial charge in [-0.1, -0.05) is 0 Å². The topological polar surface area (TPSA) is 13.1 Å². The maximum atomic E-state index is 13.6. The summed E-state index contributed by atoms with van der Waals surface area (Å²) in [5.41, 5.74) is 1.28. The summed E-state index contributed by atoms with van der Waals surface area (Å²) in [5.74, 6) is -0.518. The summed E-state index contributed by atoms with van der Waals surface area (Å²) in [6.07, 6.45) is 1.48. The molecule has 0 radical (unpaired) electrons. The predicted molar refractivity (Wildman–Crippen MR) is 62.2 cm³/mol. The Hall–Kier alpha value is -1.35. The Morgan fingerprint density at radius 3 is 2.41 bits per heavy atom. The third kappa shape index (κ3) is 2.34. The van der Waals surface area contributed by atoms with Gasteiger partial charge in [-0.2, -0.15) is 0 Å². The molecule has 1 atom stereocenters. The first-order valence-corrected chi connectivity index (χ1v) is 5.57. The van der Waals surface area contributed by atoms with Crippen molar-refractivity contribution in [3.63, 3.8) is 0 Å². The first kappa shape index (κ1) is 12.1. The van der Waals surface area contributed by atoms with Crippen molar-refractivity contribution >= 4 is 11.6 Å². The third-order valence-electron chi connectivity index (χ3n) is 2.59. The van der Waals surface area contributed by atoms with E-state index in [1.807, 2.05) is 0 Å². The van der Waals surface area contributed by atoms with Crippen molar-refractivity contribution in [3.05, 3.63) is 58.5 Å². The molecule has 2 aromatic rings. The molecule has 0 aliphatic heterocycles. The minimum absolute atomic E-state index is 0.256. The highest BCUT2D eigenvalue weighted by atomic mass is 35.5. The Bertz CT molecular complexity index is 548. The van der Waals surface area contributed by atoms with Gasteiger partial charge < -0.3 is 4.42 Å². The van der Waals surface area contributed by atoms with E-state index in [1.165, 1.54) is 12.3 Å². The molecule has 0 N–H and O–H groups in total. The van der Waals surface area contributed by atoms with Crippen molar-refractivity contribution in [2.45, 2.75) is 19.2 Å². The van der Waals surface area contributed by atoms with Crippen LogP contribution < -0.4 is 0 Å². The molecular weight excluding hydrogens is 246 g/mol. The molecule has 17 heavy (non-hydrogen) atoms. The lowest BCUT2D eigenvalue weighted by molar-refractivity contribution is 0.531. The lowest BCUT2D eigenvalue weighted by atomic mass is 10.0. The molecule has 2 rings (SSSR count). The van der Waals surface area contributed by atoms with Crippen LogP contribution >= 0.6 is 11.6 Å². The molecule has 1 heterocycles. The van der Waals surface area contributed by atoms with Gasteiger partial charge in [0.15, 0.2) is 0 Å². The van der Waals surface area contributed by atoms with E-state index in [0.29, 0.717) is 16.9 Å². The van der Waals surface area contributed by atoms with Gasteiger partial charge in [-0.25, -0.2) is 8.78 Å². The molecule has 90 valence electrons. The number of hydrogen-bond donors (Lipinski definition) is 0. The highest BCUT2D eigenvalue weighted by molar-refractivity contribution is 6.22. The van der Waals surface area contributed by atoms with Crippen LogP contribution in [-0.4, -0.2) is 0 Å². The fraction of sp³-hybridized carbons (Fsp3) is 0.231. The fourth-order valence-electron chi connectivity index (χ4n) is 1.65. The Kier molecular flexibility index (Phi) is 3.20. The van der Waals surface area contributed by atoms with E-state index in [2.05, 4.69) is 0 Å². The maximum Gasteiger partial charge on any atom is 0.131 e. The molecule has 1 aromatic carbocycles. The molecular formula is C13H11ClF2O. The molecule has 0 amide bonds. The van der Waals surface area contributed by atoms with Crippen molar-refractivity contribution < 1.29 is 13.2 Å². The zero-order valence-electron chi connectivity index (χ0n) is 9.43. The molecule has 1 aromatic heterocycles. The van der Waals surface area contributed by atoms with Gasteiger partial charge in [0.05, 0.1) is 11.6 Å². The minimum Gasteiger partial charge on any atom is -0.469 e. The molecule has 1 nitrogen and oxygen atoms in total. The van der Waals surface area contributed by atoms with Crippen LogP contribution in [0, 0.1) is 25.5 Å². The van der Waals surface area contributed by atoms with Crippen molar-refractivity contribution in [1.29, 1.82) is 0 Å². The number of aryl methyl sites for hydroxylation is 2. The third-order valence-corrected chi connectivity index (χ3v) is 3.08. The smallest absolute Gasteiger partial charge is 0.131 e. The van der Waals surface area contributed by atoms with Gasteiger partial charge in [0.2, 0.25) is 0 Å². The van der Waals surface area contributed by atoms with Gasteiger partial charge >= 0.3 is 0 Å². The van der Waals surface area contributed by atoms with Crippen LogP contribution in [0.4, 0.5) is 8.78 Å². The molecule has 0 bridgehead atoms. The Balaban J connectivity index is 2.43. The standard InChI is InChI=1S/C13H11ClF2O/c1-7-3-10(12(16)5-11(7)15)13(14)9-4-8(2)17-6-9/h3-6,13H,1-2H3. The van der Waals surface area contributed by atoms with E-state index in [4.69, 9.17) is 16.0 Å². The van der Waals surface area contributed by atoms with Gasteiger partial charge in [0.1, 0.15) is 17.4 Å². The predicted octanol–water partition coefficient (Wildman–Crippen LogP) is 4.50. The number of halogens is 3. The highest BCUT2D eigenvalue weighted by Gasteiger charge is 2.18. The molecule has 4 heteroatoms. The number of rotatable bonds is 2. The van der Waals surface area contributed by atoms with Crippen LogP contribution in [0.3, 0.4) is 0 Å². The van der Waals surface area contributed by atoms with E-state index < -0.39 is 17.0 Å². The lowest BCUT2D eigenvalue weighted by Crippen LogP contribution is -1.98. The number of furan rings is 1. The second kappa shape index (κ2) is 4.49. The van der Waals surface area contributed by atoms with E-state index in [-0.39, 0.29) is 5.56 Å². The van der Waals surface area contributed by atoms with Crippen LogP contribution in [0.25, 0.3) is 0 Å². The second-order valence-electron chi connectivity index (χ2n) is 3.98. The van der Waals surface area contributed by atoms with E-state index in [1.54, 1.807) is 19.9 Å². The summed E-state index contributed by atoms with van der Waals surface area (Å²) >= 11 is 6.15. The zero-order valence-corrected chi connectivity index (χ0v) is 10.2. The monoisotopic (exact) mass is 256 g/mol. The number of benzene rings is 1. The molecule has 0 aliphatic carbocycles. The van der Waals surface area contributed by atoms with Crippen molar-refractivity contribution in [3.8, 4) is 0 Å². The highest BCUT2D eigenvalue weighted by Crippen LogP contribution is 2.32. The van der Waals surface area contributed by atoms with Crippen molar-refractivity contribution in [1.82, 2.24) is 0 Å². The van der Waals surface area contributed by atoms with E-state index in [9.17, 15) is 8.78 Å². The summed E-state index contributed by atoms with van der Waals surface area (Å²) in [6.45, 7) is 3.35. The quantitative estimate of drug-likeness (QED) is 0.721. The SMILES string of the molecule is Cc1cc(C(Cl)c2cc(C)c(F)cc2F)co1. The van der Waals surface area contributed by atoms with Gasteiger partial charge in [0, 0.05) is 17.2 Å². The number of hydrogen-bond acceptors (Lipinski definition) is 1.